The largest absolute Gasteiger partial charge is 0.410 e. The Balaban J connectivity index is 2.38. The van der Waals surface area contributed by atoms with Crippen molar-refractivity contribution in [1.29, 1.82) is 0 Å². The Morgan fingerprint density at radius 3 is 3.15 bits per heavy atom. The van der Waals surface area contributed by atoms with Crippen molar-refractivity contribution in [3.63, 3.8) is 0 Å². The van der Waals surface area contributed by atoms with Gasteiger partial charge in [-0.15, -0.1) is 0 Å². The molecule has 0 fully saturated rings. The summed E-state index contributed by atoms with van der Waals surface area (Å²) < 4.78 is 3.23. The fraction of sp³-hybridized carbons (Fsp3) is 0.286. The van der Waals surface area contributed by atoms with Gasteiger partial charge in [0.1, 0.15) is 12.9 Å². The maximum absolute atomic E-state index is 8.57. The van der Waals surface area contributed by atoms with E-state index in [1.165, 1.54) is 4.73 Å². The van der Waals surface area contributed by atoms with Crippen molar-refractivity contribution in [3.05, 3.63) is 18.7 Å². The van der Waals surface area contributed by atoms with Crippen LogP contribution in [0.2, 0.25) is 0 Å². The number of nitrogen functional groups attached to an aromatic ring is 1. The lowest BCUT2D eigenvalue weighted by Crippen LogP contribution is -2.14. The third-order valence-electron chi connectivity index (χ3n) is 1.69. The van der Waals surface area contributed by atoms with Gasteiger partial charge in [0.05, 0.1) is 12.8 Å². The summed E-state index contributed by atoms with van der Waals surface area (Å²) in [6, 6.07) is 0. The Morgan fingerprint density at radius 1 is 1.54 bits per heavy atom. The molecule has 0 saturated heterocycles. The molecule has 3 N–H and O–H groups in total. The van der Waals surface area contributed by atoms with Crippen LogP contribution in [0.4, 0.5) is 5.82 Å². The first-order valence-electron chi connectivity index (χ1n) is 3.86. The molecular formula is C7H10N4O2. The van der Waals surface area contributed by atoms with Crippen LogP contribution < -0.4 is 10.6 Å². The maximum Gasteiger partial charge on any atom is 0.196 e. The molecule has 0 aliphatic rings. The highest BCUT2D eigenvalue weighted by atomic mass is 16.7. The molecule has 2 aromatic rings. The number of hydrogen-bond donors (Lipinski definition) is 2. The number of hydrogen-bond acceptors (Lipinski definition) is 4. The third kappa shape index (κ3) is 1.20. The molecule has 0 spiro atoms. The summed E-state index contributed by atoms with van der Waals surface area (Å²) in [5.41, 5.74) is 6.27. The van der Waals surface area contributed by atoms with E-state index >= 15 is 0 Å². The molecule has 0 saturated carbocycles. The van der Waals surface area contributed by atoms with Gasteiger partial charge in [0, 0.05) is 6.20 Å². The molecule has 6 nitrogen and oxygen atoms in total. The minimum Gasteiger partial charge on any atom is -0.410 e. The number of imidazole rings is 2. The van der Waals surface area contributed by atoms with Gasteiger partial charge >= 0.3 is 0 Å². The van der Waals surface area contributed by atoms with E-state index in [0.717, 1.165) is 0 Å². The van der Waals surface area contributed by atoms with Gasteiger partial charge in [0.25, 0.3) is 0 Å². The first kappa shape index (κ1) is 7.93. The van der Waals surface area contributed by atoms with Crippen molar-refractivity contribution in [3.8, 4) is 0 Å². The number of anilines is 1. The lowest BCUT2D eigenvalue weighted by Gasteiger charge is -2.04. The number of nitrogens with two attached hydrogens (primary N) is 1. The summed E-state index contributed by atoms with van der Waals surface area (Å²) in [6.07, 6.45) is 5.09. The molecule has 2 aromatic heterocycles. The molecule has 2 heterocycles. The zero-order chi connectivity index (χ0) is 9.26. The Hall–Kier alpha value is -1.69. The monoisotopic (exact) mass is 182 g/mol. The van der Waals surface area contributed by atoms with E-state index in [2.05, 4.69) is 4.98 Å². The van der Waals surface area contributed by atoms with Gasteiger partial charge in [-0.25, -0.2) is 4.98 Å². The minimum absolute atomic E-state index is 0.0294. The van der Waals surface area contributed by atoms with Gasteiger partial charge in [-0.05, 0) is 0 Å². The molecule has 0 aliphatic heterocycles. The lowest BCUT2D eigenvalue weighted by atomic mass is 10.7. The molecule has 0 unspecified atom stereocenters. The van der Waals surface area contributed by atoms with Gasteiger partial charge < -0.3 is 15.7 Å². The van der Waals surface area contributed by atoms with Crippen molar-refractivity contribution >= 4 is 11.5 Å². The number of aliphatic hydroxyl groups is 1. The molecule has 0 amide bonds. The second-order valence-corrected chi connectivity index (χ2v) is 2.54. The Morgan fingerprint density at radius 2 is 2.38 bits per heavy atom. The smallest absolute Gasteiger partial charge is 0.196 e. The van der Waals surface area contributed by atoms with E-state index in [1.54, 1.807) is 23.1 Å². The highest BCUT2D eigenvalue weighted by Crippen LogP contribution is 2.10. The first-order chi connectivity index (χ1) is 6.33. The molecule has 70 valence electrons. The average Bonchev–Trinajstić information content (AvgIpc) is 2.67. The number of aliphatic hydroxyl groups excluding tert-OH is 1. The molecule has 0 atom stereocenters. The topological polar surface area (TPSA) is 77.7 Å². The number of nitrogens with zero attached hydrogens (tertiary/aromatic N) is 3. The Labute approximate surface area is 74.1 Å². The van der Waals surface area contributed by atoms with Crippen molar-refractivity contribution in [2.45, 2.75) is 0 Å². The second-order valence-electron chi connectivity index (χ2n) is 2.54. The van der Waals surface area contributed by atoms with Crippen LogP contribution in [-0.2, 0) is 0 Å². The molecule has 6 heteroatoms. The van der Waals surface area contributed by atoms with E-state index in [-0.39, 0.29) is 13.2 Å². The number of rotatable bonds is 3. The fourth-order valence-electron chi connectivity index (χ4n) is 1.15. The minimum atomic E-state index is -0.0294. The van der Waals surface area contributed by atoms with Gasteiger partial charge in [-0.1, -0.05) is 0 Å². The Kier molecular flexibility index (Phi) is 1.82. The molecule has 13 heavy (non-hydrogen) atoms. The maximum atomic E-state index is 8.57. The zero-order valence-electron chi connectivity index (χ0n) is 6.92. The Bertz CT molecular complexity index is 405. The van der Waals surface area contributed by atoms with Crippen LogP contribution >= 0.6 is 0 Å². The van der Waals surface area contributed by atoms with Gasteiger partial charge in [0.15, 0.2) is 11.5 Å². The van der Waals surface area contributed by atoms with E-state index in [1.807, 2.05) is 0 Å². The van der Waals surface area contributed by atoms with Crippen LogP contribution in [0.25, 0.3) is 5.65 Å². The molecule has 0 bridgehead atoms. The standard InChI is InChI=1S/C7H10N4O2/c8-6-7-10(5-9-6)1-2-11(7)13-4-3-12/h1-2,5,12H,3-4,8H2. The van der Waals surface area contributed by atoms with Gasteiger partial charge in [0.2, 0.25) is 0 Å². The van der Waals surface area contributed by atoms with E-state index < -0.39 is 0 Å². The van der Waals surface area contributed by atoms with E-state index in [0.29, 0.717) is 11.5 Å². The highest BCUT2D eigenvalue weighted by molar-refractivity contribution is 5.60. The van der Waals surface area contributed by atoms with Crippen LogP contribution in [0.1, 0.15) is 0 Å². The molecule has 0 aliphatic carbocycles. The average molecular weight is 182 g/mol. The van der Waals surface area contributed by atoms with Crippen LogP contribution in [0.5, 0.6) is 0 Å². The third-order valence-corrected chi connectivity index (χ3v) is 1.69. The van der Waals surface area contributed by atoms with E-state index in [9.17, 15) is 0 Å². The summed E-state index contributed by atoms with van der Waals surface area (Å²) in [7, 11) is 0. The zero-order valence-corrected chi connectivity index (χ0v) is 6.92. The van der Waals surface area contributed by atoms with Crippen molar-refractivity contribution < 1.29 is 9.94 Å². The SMILES string of the molecule is Nc1ncn2ccn(OCCO)c12. The predicted molar refractivity (Wildman–Crippen MR) is 46.1 cm³/mol. The molecule has 0 radical (unpaired) electrons. The van der Waals surface area contributed by atoms with E-state index in [4.69, 9.17) is 15.7 Å². The van der Waals surface area contributed by atoms with Crippen LogP contribution in [0.3, 0.4) is 0 Å². The van der Waals surface area contributed by atoms with Crippen LogP contribution in [0.15, 0.2) is 18.7 Å². The summed E-state index contributed by atoms with van der Waals surface area (Å²) in [5, 5.41) is 8.57. The normalized spacial score (nSPS) is 10.8. The second kappa shape index (κ2) is 2.98. The first-order valence-corrected chi connectivity index (χ1v) is 3.86. The van der Waals surface area contributed by atoms with Crippen LogP contribution in [-0.4, -0.2) is 32.4 Å². The number of fused-ring (bicyclic) bond motifs is 1. The van der Waals surface area contributed by atoms with Crippen molar-refractivity contribution in [2.24, 2.45) is 0 Å². The predicted octanol–water partition coefficient (Wildman–Crippen LogP) is -0.861. The van der Waals surface area contributed by atoms with Crippen LogP contribution in [0, 0.1) is 0 Å². The summed E-state index contributed by atoms with van der Waals surface area (Å²) in [6.45, 7) is 0.202. The quantitative estimate of drug-likeness (QED) is 0.647. The highest BCUT2D eigenvalue weighted by Gasteiger charge is 2.06. The lowest BCUT2D eigenvalue weighted by molar-refractivity contribution is 0.0827. The number of aromatic nitrogens is 3. The van der Waals surface area contributed by atoms with Gasteiger partial charge in [-0.3, -0.25) is 4.40 Å². The summed E-state index contributed by atoms with van der Waals surface area (Å²) in [4.78, 5) is 9.08. The fourth-order valence-corrected chi connectivity index (χ4v) is 1.15. The van der Waals surface area contributed by atoms with Crippen molar-refractivity contribution in [2.75, 3.05) is 18.9 Å². The summed E-state index contributed by atoms with van der Waals surface area (Å²) in [5.74, 6) is 0.405. The van der Waals surface area contributed by atoms with Crippen molar-refractivity contribution in [1.82, 2.24) is 14.1 Å². The van der Waals surface area contributed by atoms with Gasteiger partial charge in [-0.2, -0.15) is 4.73 Å². The molecule has 0 aromatic carbocycles. The summed E-state index contributed by atoms with van der Waals surface area (Å²) >= 11 is 0. The molecule has 2 rings (SSSR count). The molecular weight excluding hydrogens is 172 g/mol.